The van der Waals surface area contributed by atoms with E-state index in [0.29, 0.717) is 17.0 Å². The highest BCUT2D eigenvalue weighted by Crippen LogP contribution is 2.10. The Balaban J connectivity index is 3.15. The number of esters is 1. The Morgan fingerprint density at radius 1 is 1.43 bits per heavy atom. The van der Waals surface area contributed by atoms with Crippen molar-refractivity contribution in [2.24, 2.45) is 0 Å². The van der Waals surface area contributed by atoms with Gasteiger partial charge < -0.3 is 10.5 Å². The molecule has 1 aromatic rings. The monoisotopic (exact) mass is 193 g/mol. The molecular weight excluding hydrogens is 180 g/mol. The van der Waals surface area contributed by atoms with Gasteiger partial charge in [-0.15, -0.1) is 0 Å². The number of nitrogens with one attached hydrogen (secondary N) is 1. The first-order chi connectivity index (χ1) is 6.70. The Kier molecular flexibility index (Phi) is 3.23. The maximum atomic E-state index is 11.3. The van der Waals surface area contributed by atoms with Gasteiger partial charge in [0, 0.05) is 5.69 Å². The highest BCUT2D eigenvalue weighted by atomic mass is 16.5. The standard InChI is InChI=1S/C10H12N2O2/c1-12-9(10(13)14-2)7-5-3-4-6-8(7)11/h3-6H,11H2,1-2H3/p+1. The molecule has 0 aliphatic carbocycles. The van der Waals surface area contributed by atoms with Crippen LogP contribution < -0.4 is 10.7 Å². The topological polar surface area (TPSA) is 66.3 Å². The van der Waals surface area contributed by atoms with Gasteiger partial charge in [-0.2, -0.15) is 0 Å². The lowest BCUT2D eigenvalue weighted by Gasteiger charge is -2.01. The molecular formula is C10H13N2O2+. The summed E-state index contributed by atoms with van der Waals surface area (Å²) in [5.41, 5.74) is 7.29. The molecule has 0 fully saturated rings. The second-order valence-electron chi connectivity index (χ2n) is 2.70. The van der Waals surface area contributed by atoms with Crippen LogP contribution in [0.2, 0.25) is 0 Å². The minimum atomic E-state index is -0.426. The van der Waals surface area contributed by atoms with Crippen LogP contribution in [0.4, 0.5) is 5.69 Å². The van der Waals surface area contributed by atoms with Gasteiger partial charge in [0.15, 0.2) is 0 Å². The minimum absolute atomic E-state index is 0.366. The third kappa shape index (κ3) is 1.90. The number of hydrogen-bond donors (Lipinski definition) is 2. The van der Waals surface area contributed by atoms with E-state index >= 15 is 0 Å². The first kappa shape index (κ1) is 10.2. The zero-order chi connectivity index (χ0) is 10.6. The summed E-state index contributed by atoms with van der Waals surface area (Å²) in [5.74, 6) is -0.426. The summed E-state index contributed by atoms with van der Waals surface area (Å²) >= 11 is 0. The van der Waals surface area contributed by atoms with Crippen LogP contribution in [0, 0.1) is 0 Å². The number of carbonyl (C=O) groups is 1. The summed E-state index contributed by atoms with van der Waals surface area (Å²) in [7, 11) is 2.98. The van der Waals surface area contributed by atoms with Gasteiger partial charge in [-0.3, -0.25) is 0 Å². The van der Waals surface area contributed by atoms with Crippen molar-refractivity contribution in [3.8, 4) is 0 Å². The fourth-order valence-corrected chi connectivity index (χ4v) is 1.17. The Labute approximate surface area is 82.4 Å². The fourth-order valence-electron chi connectivity index (χ4n) is 1.17. The molecule has 0 aliphatic rings. The van der Waals surface area contributed by atoms with Gasteiger partial charge in [0.1, 0.15) is 7.05 Å². The van der Waals surface area contributed by atoms with Crippen molar-refractivity contribution < 1.29 is 14.5 Å². The number of methoxy groups -OCH3 is 1. The lowest BCUT2D eigenvalue weighted by Crippen LogP contribution is -2.70. The molecule has 3 N–H and O–H groups in total. The number of rotatable bonds is 2. The molecule has 0 saturated heterocycles. The van der Waals surface area contributed by atoms with Crippen LogP contribution in [0.1, 0.15) is 5.56 Å². The Hall–Kier alpha value is -1.84. The van der Waals surface area contributed by atoms with Crippen molar-refractivity contribution in [3.63, 3.8) is 0 Å². The van der Waals surface area contributed by atoms with E-state index in [1.165, 1.54) is 7.11 Å². The molecule has 0 unspecified atom stereocenters. The molecule has 4 heteroatoms. The van der Waals surface area contributed by atoms with Crippen LogP contribution in [-0.2, 0) is 9.53 Å². The number of para-hydroxylation sites is 1. The number of ether oxygens (including phenoxy) is 1. The van der Waals surface area contributed by atoms with Gasteiger partial charge in [0.2, 0.25) is 0 Å². The highest BCUT2D eigenvalue weighted by Gasteiger charge is 2.21. The number of carbonyl (C=O) groups excluding carboxylic acids is 1. The number of hydrogen-bond acceptors (Lipinski definition) is 3. The van der Waals surface area contributed by atoms with E-state index < -0.39 is 5.97 Å². The summed E-state index contributed by atoms with van der Waals surface area (Å²) in [6, 6.07) is 7.11. The van der Waals surface area contributed by atoms with Gasteiger partial charge in [-0.05, 0) is 12.1 Å². The van der Waals surface area contributed by atoms with E-state index in [1.807, 2.05) is 12.1 Å². The maximum absolute atomic E-state index is 11.3. The smallest absolute Gasteiger partial charge is 0.403 e. The predicted molar refractivity (Wildman–Crippen MR) is 53.9 cm³/mol. The zero-order valence-corrected chi connectivity index (χ0v) is 8.20. The molecule has 0 saturated carbocycles. The summed E-state index contributed by atoms with van der Waals surface area (Å²) < 4.78 is 4.62. The van der Waals surface area contributed by atoms with Crippen molar-refractivity contribution in [1.82, 2.24) is 0 Å². The average Bonchev–Trinajstić information content (AvgIpc) is 2.21. The highest BCUT2D eigenvalue weighted by molar-refractivity contribution is 6.41. The van der Waals surface area contributed by atoms with Crippen molar-refractivity contribution in [2.75, 3.05) is 19.9 Å². The van der Waals surface area contributed by atoms with Crippen LogP contribution in [0.25, 0.3) is 0 Å². The molecule has 1 rings (SSSR count). The van der Waals surface area contributed by atoms with Crippen LogP contribution in [0.5, 0.6) is 0 Å². The Morgan fingerprint density at radius 2 is 2.07 bits per heavy atom. The van der Waals surface area contributed by atoms with E-state index in [2.05, 4.69) is 9.73 Å². The van der Waals surface area contributed by atoms with Crippen LogP contribution in [0.15, 0.2) is 24.3 Å². The number of anilines is 1. The lowest BCUT2D eigenvalue weighted by molar-refractivity contribution is -0.418. The van der Waals surface area contributed by atoms with Gasteiger partial charge in [-0.25, -0.2) is 9.79 Å². The van der Waals surface area contributed by atoms with Crippen molar-refractivity contribution in [1.29, 1.82) is 0 Å². The van der Waals surface area contributed by atoms with E-state index in [4.69, 9.17) is 5.73 Å². The first-order valence-corrected chi connectivity index (χ1v) is 4.18. The van der Waals surface area contributed by atoms with Gasteiger partial charge >= 0.3 is 5.97 Å². The summed E-state index contributed by atoms with van der Waals surface area (Å²) in [6.45, 7) is 0. The second kappa shape index (κ2) is 4.41. The molecule has 0 spiro atoms. The Morgan fingerprint density at radius 3 is 2.57 bits per heavy atom. The largest absolute Gasteiger partial charge is 0.461 e. The molecule has 0 atom stereocenters. The maximum Gasteiger partial charge on any atom is 0.403 e. The SMILES string of the molecule is C[NH+]=C(C(=O)OC)c1ccccc1N. The van der Waals surface area contributed by atoms with Crippen molar-refractivity contribution in [3.05, 3.63) is 29.8 Å². The number of benzene rings is 1. The summed E-state index contributed by atoms with van der Waals surface area (Å²) in [5, 5.41) is 0. The number of nitrogen functional groups attached to an aromatic ring is 1. The van der Waals surface area contributed by atoms with Crippen molar-refractivity contribution in [2.45, 2.75) is 0 Å². The zero-order valence-electron chi connectivity index (χ0n) is 8.20. The lowest BCUT2D eigenvalue weighted by atomic mass is 10.1. The van der Waals surface area contributed by atoms with Gasteiger partial charge in [0.25, 0.3) is 5.71 Å². The molecule has 4 nitrogen and oxygen atoms in total. The van der Waals surface area contributed by atoms with Crippen LogP contribution in [0.3, 0.4) is 0 Å². The molecule has 0 aliphatic heterocycles. The second-order valence-corrected chi connectivity index (χ2v) is 2.70. The molecule has 0 heterocycles. The molecule has 14 heavy (non-hydrogen) atoms. The summed E-state index contributed by atoms with van der Waals surface area (Å²) in [6.07, 6.45) is 0. The van der Waals surface area contributed by atoms with Crippen LogP contribution in [-0.4, -0.2) is 25.8 Å². The molecule has 0 bridgehead atoms. The normalized spacial score (nSPS) is 11.1. The van der Waals surface area contributed by atoms with Gasteiger partial charge in [0.05, 0.1) is 12.7 Å². The molecule has 0 radical (unpaired) electrons. The van der Waals surface area contributed by atoms with Crippen LogP contribution >= 0.6 is 0 Å². The van der Waals surface area contributed by atoms with Gasteiger partial charge in [-0.1, -0.05) is 12.1 Å². The minimum Gasteiger partial charge on any atom is -0.461 e. The molecule has 74 valence electrons. The average molecular weight is 193 g/mol. The Bertz CT molecular complexity index is 372. The molecule has 0 aromatic heterocycles. The van der Waals surface area contributed by atoms with E-state index in [9.17, 15) is 4.79 Å². The van der Waals surface area contributed by atoms with E-state index in [1.54, 1.807) is 19.2 Å². The van der Waals surface area contributed by atoms with Crippen molar-refractivity contribution >= 4 is 17.4 Å². The molecule has 0 amide bonds. The number of nitrogens with two attached hydrogens (primary N) is 1. The third-order valence-electron chi connectivity index (χ3n) is 1.87. The van der Waals surface area contributed by atoms with E-state index in [0.717, 1.165) is 0 Å². The molecule has 1 aromatic carbocycles. The van der Waals surface area contributed by atoms with E-state index in [-0.39, 0.29) is 0 Å². The third-order valence-corrected chi connectivity index (χ3v) is 1.87. The fraction of sp³-hybridized carbons (Fsp3) is 0.200. The first-order valence-electron chi connectivity index (χ1n) is 4.18. The summed E-state index contributed by atoms with van der Waals surface area (Å²) in [4.78, 5) is 14.1. The predicted octanol–water partition coefficient (Wildman–Crippen LogP) is -1.06. The quantitative estimate of drug-likeness (QED) is 0.357.